The molecule has 0 amide bonds. The van der Waals surface area contributed by atoms with E-state index in [1.165, 1.54) is 6.07 Å². The Kier molecular flexibility index (Phi) is 6.27. The van der Waals surface area contributed by atoms with Gasteiger partial charge in [-0.25, -0.2) is 8.78 Å². The van der Waals surface area contributed by atoms with Gasteiger partial charge in [0.05, 0.1) is 0 Å². The maximum atomic E-state index is 13.6. The number of rotatable bonds is 7. The largest absolute Gasteiger partial charge is 0.324 e. The average molecular weight is 255 g/mol. The van der Waals surface area contributed by atoms with E-state index in [9.17, 15) is 8.78 Å². The molecule has 2 unspecified atom stereocenters. The summed E-state index contributed by atoms with van der Waals surface area (Å²) < 4.78 is 26.7. The fourth-order valence-corrected chi connectivity index (χ4v) is 2.27. The lowest BCUT2D eigenvalue weighted by Gasteiger charge is -2.20. The summed E-state index contributed by atoms with van der Waals surface area (Å²) in [6.45, 7) is 4.27. The van der Waals surface area contributed by atoms with Crippen molar-refractivity contribution in [2.45, 2.75) is 52.0 Å². The van der Waals surface area contributed by atoms with Crippen molar-refractivity contribution in [1.82, 2.24) is 0 Å². The van der Waals surface area contributed by atoms with Crippen LogP contribution in [0.5, 0.6) is 0 Å². The monoisotopic (exact) mass is 255 g/mol. The summed E-state index contributed by atoms with van der Waals surface area (Å²) in [6.07, 6.45) is 5.18. The van der Waals surface area contributed by atoms with E-state index in [-0.39, 0.29) is 0 Å². The molecule has 1 nitrogen and oxygen atoms in total. The van der Waals surface area contributed by atoms with Crippen LogP contribution in [0.3, 0.4) is 0 Å². The first-order valence-electron chi connectivity index (χ1n) is 6.79. The van der Waals surface area contributed by atoms with Crippen LogP contribution in [0.15, 0.2) is 18.2 Å². The molecule has 0 fully saturated rings. The van der Waals surface area contributed by atoms with Crippen LogP contribution < -0.4 is 5.73 Å². The summed E-state index contributed by atoms with van der Waals surface area (Å²) in [5.41, 5.74) is 6.30. The van der Waals surface area contributed by atoms with E-state index in [0.29, 0.717) is 11.5 Å². The zero-order valence-electron chi connectivity index (χ0n) is 11.3. The van der Waals surface area contributed by atoms with Crippen LogP contribution in [0.1, 0.15) is 57.6 Å². The van der Waals surface area contributed by atoms with Crippen molar-refractivity contribution in [2.75, 3.05) is 0 Å². The van der Waals surface area contributed by atoms with Gasteiger partial charge < -0.3 is 5.73 Å². The fraction of sp³-hybridized carbons (Fsp3) is 0.600. The minimum atomic E-state index is -0.815. The predicted octanol–water partition coefficient (Wildman–Crippen LogP) is 4.57. The minimum Gasteiger partial charge on any atom is -0.324 e. The summed E-state index contributed by atoms with van der Waals surface area (Å²) in [5, 5.41) is 0. The van der Waals surface area contributed by atoms with E-state index in [1.54, 1.807) is 6.07 Å². The summed E-state index contributed by atoms with van der Waals surface area (Å²) in [7, 11) is 0. The molecule has 1 aromatic rings. The molecule has 0 saturated carbocycles. The molecule has 1 aromatic carbocycles. The third-order valence-corrected chi connectivity index (χ3v) is 3.51. The molecule has 2 atom stereocenters. The zero-order chi connectivity index (χ0) is 13.5. The Morgan fingerprint density at radius 2 is 1.94 bits per heavy atom. The molecule has 3 heteroatoms. The van der Waals surface area contributed by atoms with Crippen LogP contribution in [0.2, 0.25) is 0 Å². The topological polar surface area (TPSA) is 26.0 Å². The second kappa shape index (κ2) is 7.47. The second-order valence-electron chi connectivity index (χ2n) is 4.90. The van der Waals surface area contributed by atoms with Crippen molar-refractivity contribution in [1.29, 1.82) is 0 Å². The maximum Gasteiger partial charge on any atom is 0.163 e. The number of unbranched alkanes of at least 4 members (excludes halogenated alkanes) is 1. The Bertz CT molecular complexity index is 366. The minimum absolute atomic E-state index is 0.296. The van der Waals surface area contributed by atoms with Crippen molar-refractivity contribution >= 4 is 0 Å². The third kappa shape index (κ3) is 4.05. The number of halogens is 2. The lowest BCUT2D eigenvalue weighted by Crippen LogP contribution is -2.17. The van der Waals surface area contributed by atoms with Gasteiger partial charge in [-0.3, -0.25) is 0 Å². The van der Waals surface area contributed by atoms with Crippen molar-refractivity contribution in [3.05, 3.63) is 35.4 Å². The molecule has 18 heavy (non-hydrogen) atoms. The molecule has 0 aliphatic carbocycles. The van der Waals surface area contributed by atoms with Gasteiger partial charge in [-0.05, 0) is 18.4 Å². The van der Waals surface area contributed by atoms with Crippen molar-refractivity contribution in [3.8, 4) is 0 Å². The Balaban J connectivity index is 2.68. The summed E-state index contributed by atoms with van der Waals surface area (Å²) in [5.74, 6) is -1.12. The van der Waals surface area contributed by atoms with Gasteiger partial charge in [0.25, 0.3) is 0 Å². The highest BCUT2D eigenvalue weighted by Gasteiger charge is 2.18. The van der Waals surface area contributed by atoms with E-state index in [0.717, 1.165) is 38.2 Å². The Morgan fingerprint density at radius 3 is 2.56 bits per heavy atom. The first kappa shape index (κ1) is 15.1. The van der Waals surface area contributed by atoms with Crippen LogP contribution in [0.25, 0.3) is 0 Å². The van der Waals surface area contributed by atoms with Gasteiger partial charge in [-0.15, -0.1) is 0 Å². The molecule has 0 aliphatic heterocycles. The van der Waals surface area contributed by atoms with Crippen LogP contribution in [-0.4, -0.2) is 0 Å². The SMILES string of the molecule is CCCCC(CC)CC(N)c1cccc(F)c1F. The van der Waals surface area contributed by atoms with E-state index in [2.05, 4.69) is 13.8 Å². The Hall–Kier alpha value is -0.960. The van der Waals surface area contributed by atoms with E-state index < -0.39 is 17.7 Å². The highest BCUT2D eigenvalue weighted by Crippen LogP contribution is 2.27. The van der Waals surface area contributed by atoms with Gasteiger partial charge in [0.2, 0.25) is 0 Å². The summed E-state index contributed by atoms with van der Waals surface area (Å²) >= 11 is 0. The molecular formula is C15H23F2N. The number of hydrogen-bond donors (Lipinski definition) is 1. The van der Waals surface area contributed by atoms with Crippen molar-refractivity contribution < 1.29 is 8.78 Å². The van der Waals surface area contributed by atoms with E-state index in [4.69, 9.17) is 5.73 Å². The number of hydrogen-bond acceptors (Lipinski definition) is 1. The second-order valence-corrected chi connectivity index (χ2v) is 4.90. The molecule has 0 spiro atoms. The zero-order valence-corrected chi connectivity index (χ0v) is 11.3. The van der Waals surface area contributed by atoms with Crippen LogP contribution >= 0.6 is 0 Å². The van der Waals surface area contributed by atoms with Crippen LogP contribution in [-0.2, 0) is 0 Å². The molecule has 0 radical (unpaired) electrons. The van der Waals surface area contributed by atoms with Crippen LogP contribution in [0, 0.1) is 17.6 Å². The van der Waals surface area contributed by atoms with E-state index >= 15 is 0 Å². The lowest BCUT2D eigenvalue weighted by molar-refractivity contribution is 0.379. The van der Waals surface area contributed by atoms with E-state index in [1.807, 2.05) is 0 Å². The van der Waals surface area contributed by atoms with Crippen molar-refractivity contribution in [3.63, 3.8) is 0 Å². The molecule has 0 saturated heterocycles. The molecule has 102 valence electrons. The predicted molar refractivity (Wildman–Crippen MR) is 71.2 cm³/mol. The third-order valence-electron chi connectivity index (χ3n) is 3.51. The van der Waals surface area contributed by atoms with Gasteiger partial charge in [-0.1, -0.05) is 51.7 Å². The molecule has 0 aromatic heterocycles. The first-order valence-corrected chi connectivity index (χ1v) is 6.79. The standard InChI is InChI=1S/C15H23F2N/c1-3-5-7-11(4-2)10-14(18)12-8-6-9-13(16)15(12)17/h6,8-9,11,14H,3-5,7,10,18H2,1-2H3. The Labute approximate surface area is 108 Å². The van der Waals surface area contributed by atoms with Gasteiger partial charge in [-0.2, -0.15) is 0 Å². The highest BCUT2D eigenvalue weighted by molar-refractivity contribution is 5.22. The molecule has 2 N–H and O–H groups in total. The molecule has 0 bridgehead atoms. The molecule has 1 rings (SSSR count). The lowest BCUT2D eigenvalue weighted by atomic mass is 9.89. The first-order chi connectivity index (χ1) is 8.60. The van der Waals surface area contributed by atoms with Gasteiger partial charge in [0.15, 0.2) is 11.6 Å². The van der Waals surface area contributed by atoms with Crippen LogP contribution in [0.4, 0.5) is 8.78 Å². The van der Waals surface area contributed by atoms with Gasteiger partial charge in [0.1, 0.15) is 0 Å². The summed E-state index contributed by atoms with van der Waals surface area (Å²) in [6, 6.07) is 3.80. The quantitative estimate of drug-likeness (QED) is 0.758. The highest BCUT2D eigenvalue weighted by atomic mass is 19.2. The van der Waals surface area contributed by atoms with Gasteiger partial charge in [0, 0.05) is 11.6 Å². The summed E-state index contributed by atoms with van der Waals surface area (Å²) in [4.78, 5) is 0. The fourth-order valence-electron chi connectivity index (χ4n) is 2.27. The number of benzene rings is 1. The molecule has 0 heterocycles. The molecule has 0 aliphatic rings. The number of nitrogens with two attached hydrogens (primary N) is 1. The molecular weight excluding hydrogens is 232 g/mol. The van der Waals surface area contributed by atoms with Gasteiger partial charge >= 0.3 is 0 Å². The maximum absolute atomic E-state index is 13.6. The average Bonchev–Trinajstić information content (AvgIpc) is 2.37. The smallest absolute Gasteiger partial charge is 0.163 e. The Morgan fingerprint density at radius 1 is 1.22 bits per heavy atom. The van der Waals surface area contributed by atoms with Crippen molar-refractivity contribution in [2.24, 2.45) is 11.7 Å². The normalized spacial score (nSPS) is 14.5.